The molecule has 0 atom stereocenters. The van der Waals surface area contributed by atoms with Crippen LogP contribution in [0.1, 0.15) is 65.2 Å². The van der Waals surface area contributed by atoms with E-state index in [-0.39, 0.29) is 21.1 Å². The maximum atomic E-state index is 10.3. The van der Waals surface area contributed by atoms with Gasteiger partial charge in [0.2, 0.25) is 0 Å². The molecule has 0 bridgehead atoms. The van der Waals surface area contributed by atoms with Gasteiger partial charge in [-0.25, -0.2) is 9.59 Å². The number of rotatable bonds is 12. The Kier molecular flexibility index (Phi) is 23.1. The van der Waals surface area contributed by atoms with E-state index in [0.717, 1.165) is 12.2 Å². The molecule has 0 aliphatic heterocycles. The van der Waals surface area contributed by atoms with Gasteiger partial charge in [0.25, 0.3) is 0 Å². The van der Waals surface area contributed by atoms with Gasteiger partial charge in [0.15, 0.2) is 0 Å². The third-order valence-electron chi connectivity index (χ3n) is 3.17. The van der Waals surface area contributed by atoms with Crippen molar-refractivity contribution in [2.75, 3.05) is 14.2 Å². The molecular weight excluding hydrogens is 399 g/mol. The molecule has 4 nitrogen and oxygen atoms in total. The van der Waals surface area contributed by atoms with Crippen LogP contribution in [-0.4, -0.2) is 47.3 Å². The van der Waals surface area contributed by atoms with E-state index in [1.54, 1.807) is 21.7 Å². The molecule has 0 aliphatic rings. The number of hydrogen-bond donors (Lipinski definition) is 0. The molecule has 0 aromatic carbocycles. The predicted molar refractivity (Wildman–Crippen MR) is 96.8 cm³/mol. The maximum Gasteiger partial charge on any atom is 0.330 e. The third-order valence-corrected chi connectivity index (χ3v) is 7.21. The first kappa shape index (κ1) is 24.7. The Morgan fingerprint density at radius 3 is 1.43 bits per heavy atom. The van der Waals surface area contributed by atoms with E-state index in [9.17, 15) is 9.59 Å². The molecule has 0 fully saturated rings. The van der Waals surface area contributed by atoms with Gasteiger partial charge < -0.3 is 9.47 Å². The van der Waals surface area contributed by atoms with Crippen molar-refractivity contribution in [3.8, 4) is 0 Å². The van der Waals surface area contributed by atoms with Gasteiger partial charge in [-0.15, -0.1) is 0 Å². The molecule has 23 heavy (non-hydrogen) atoms. The van der Waals surface area contributed by atoms with Crippen molar-refractivity contribution < 1.29 is 19.1 Å². The number of hydrogen-bond acceptors (Lipinski definition) is 4. The van der Waals surface area contributed by atoms with E-state index in [0.29, 0.717) is 0 Å². The molecule has 0 aliphatic carbocycles. The van der Waals surface area contributed by atoms with Crippen LogP contribution in [0.25, 0.3) is 0 Å². The Morgan fingerprint density at radius 1 is 0.739 bits per heavy atom. The van der Waals surface area contributed by atoms with Crippen molar-refractivity contribution in [3.63, 3.8) is 0 Å². The fourth-order valence-corrected chi connectivity index (χ4v) is 5.32. The summed E-state index contributed by atoms with van der Waals surface area (Å²) in [7, 11) is 2.45. The average Bonchev–Trinajstić information content (AvgIpc) is 2.58. The zero-order valence-electron chi connectivity index (χ0n) is 15.4. The van der Waals surface area contributed by atoms with Crippen LogP contribution in [-0.2, 0) is 19.1 Å². The van der Waals surface area contributed by atoms with E-state index in [1.165, 1.54) is 52.7 Å². The third kappa shape index (κ3) is 23.9. The minimum atomic E-state index is -0.578. The predicted octanol–water partition coefficient (Wildman–Crippen LogP) is 4.58. The molecule has 0 amide bonds. The number of carbonyl (C=O) groups excluding carboxylic acids is 2. The van der Waals surface area contributed by atoms with Crippen LogP contribution in [0, 0.1) is 0 Å². The van der Waals surface area contributed by atoms with Gasteiger partial charge in [-0.05, 0) is 0 Å². The summed E-state index contributed by atoms with van der Waals surface area (Å²) in [6.07, 6.45) is 13.8. The zero-order chi connectivity index (χ0) is 17.8. The molecule has 0 aromatic heterocycles. The first-order valence-corrected chi connectivity index (χ1v) is 12.7. The number of unbranched alkanes of at least 4 members (excludes halogenated alkanes) is 6. The topological polar surface area (TPSA) is 52.6 Å². The molecule has 2 radical (unpaired) electrons. The monoisotopic (exact) mass is 434 g/mol. The van der Waals surface area contributed by atoms with Crippen LogP contribution >= 0.6 is 0 Å². The minimum absolute atomic E-state index is 0.104. The maximum absolute atomic E-state index is 10.3. The Bertz CT molecular complexity index is 275. The number of ether oxygens (including phenoxy) is 2. The summed E-state index contributed by atoms with van der Waals surface area (Å²) in [6.45, 7) is 4.59. The molecule has 0 aromatic rings. The van der Waals surface area contributed by atoms with Crippen molar-refractivity contribution >= 4 is 33.1 Å². The van der Waals surface area contributed by atoms with Crippen molar-refractivity contribution in [2.24, 2.45) is 0 Å². The second-order valence-corrected chi connectivity index (χ2v) is 9.53. The van der Waals surface area contributed by atoms with Gasteiger partial charge in [-0.1, -0.05) is 0 Å². The second kappa shape index (κ2) is 21.5. The molecule has 0 heterocycles. The van der Waals surface area contributed by atoms with Crippen molar-refractivity contribution in [2.45, 2.75) is 74.1 Å². The minimum Gasteiger partial charge on any atom is -0.466 e. The number of methoxy groups -OCH3 is 2. The summed E-state index contributed by atoms with van der Waals surface area (Å²) in [5, 5.41) is 0. The largest absolute Gasteiger partial charge is 0.466 e. The fourth-order valence-electron chi connectivity index (χ4n) is 1.75. The van der Waals surface area contributed by atoms with Gasteiger partial charge in [0, 0.05) is 12.2 Å². The molecule has 0 spiro atoms. The molecule has 5 heteroatoms. The summed E-state index contributed by atoms with van der Waals surface area (Å²) in [6, 6.07) is 0. The van der Waals surface area contributed by atoms with E-state index in [2.05, 4.69) is 23.3 Å². The van der Waals surface area contributed by atoms with Crippen LogP contribution in [0.3, 0.4) is 0 Å². The molecule has 0 rings (SSSR count). The SMILES string of the molecule is CCCCC[CH2][Sn][CH2]CCCCC.COC(=O)/C=C\C(=O)OC. The average molecular weight is 433 g/mol. The van der Waals surface area contributed by atoms with Gasteiger partial charge in [0.05, 0.1) is 14.2 Å². The summed E-state index contributed by atoms with van der Waals surface area (Å²) in [5.41, 5.74) is 0. The smallest absolute Gasteiger partial charge is 0.330 e. The molecule has 0 unspecified atom stereocenters. The molecule has 134 valence electrons. The van der Waals surface area contributed by atoms with E-state index in [4.69, 9.17) is 0 Å². The van der Waals surface area contributed by atoms with Gasteiger partial charge in [-0.3, -0.25) is 0 Å². The zero-order valence-corrected chi connectivity index (χ0v) is 18.2. The molecule has 0 saturated carbocycles. The summed E-state index contributed by atoms with van der Waals surface area (Å²) < 4.78 is 11.7. The quantitative estimate of drug-likeness (QED) is 0.196. The Hall–Kier alpha value is -0.521. The van der Waals surface area contributed by atoms with E-state index >= 15 is 0 Å². The molecule has 0 N–H and O–H groups in total. The number of esters is 2. The van der Waals surface area contributed by atoms with E-state index < -0.39 is 11.9 Å². The Labute approximate surface area is 152 Å². The Morgan fingerprint density at radius 2 is 1.13 bits per heavy atom. The van der Waals surface area contributed by atoms with Gasteiger partial charge >= 0.3 is 107 Å². The number of carbonyl (C=O) groups is 2. The van der Waals surface area contributed by atoms with Crippen molar-refractivity contribution in [1.82, 2.24) is 0 Å². The first-order chi connectivity index (χ1) is 11.1. The first-order valence-electron chi connectivity index (χ1n) is 8.66. The summed E-state index contributed by atoms with van der Waals surface area (Å²) in [5.74, 6) is -1.16. The fraction of sp³-hybridized carbons (Fsp3) is 0.778. The van der Waals surface area contributed by atoms with Crippen LogP contribution in [0.15, 0.2) is 12.2 Å². The van der Waals surface area contributed by atoms with Crippen LogP contribution in [0.5, 0.6) is 0 Å². The van der Waals surface area contributed by atoms with Crippen molar-refractivity contribution in [1.29, 1.82) is 0 Å². The summed E-state index contributed by atoms with van der Waals surface area (Å²) in [4.78, 5) is 20.6. The molecular formula is C18H34O4Sn. The normalized spacial score (nSPS) is 10.1. The van der Waals surface area contributed by atoms with Crippen LogP contribution in [0.2, 0.25) is 8.87 Å². The second-order valence-electron chi connectivity index (χ2n) is 5.25. The Balaban J connectivity index is 0. The van der Waals surface area contributed by atoms with Gasteiger partial charge in [0.1, 0.15) is 0 Å². The molecule has 0 saturated heterocycles. The van der Waals surface area contributed by atoms with Crippen molar-refractivity contribution in [3.05, 3.63) is 12.2 Å². The van der Waals surface area contributed by atoms with Crippen LogP contribution in [0.4, 0.5) is 0 Å². The van der Waals surface area contributed by atoms with E-state index in [1.807, 2.05) is 0 Å². The summed E-state index contributed by atoms with van der Waals surface area (Å²) >= 11 is 0.104. The van der Waals surface area contributed by atoms with Gasteiger partial charge in [-0.2, -0.15) is 0 Å². The standard InChI is InChI=1S/C6H8O4.2C6H13.Sn/c1-9-5(7)3-4-6(8)10-2;2*1-3-5-6-4-2;/h3-4H,1-2H3;2*1,3-6H2,2H3;/b4-3-;;;. The van der Waals surface area contributed by atoms with Crippen LogP contribution < -0.4 is 0 Å².